The van der Waals surface area contributed by atoms with E-state index in [1.165, 1.54) is 17.7 Å². The van der Waals surface area contributed by atoms with Gasteiger partial charge in [0.2, 0.25) is 5.91 Å². The Kier molecular flexibility index (Phi) is 7.47. The van der Waals surface area contributed by atoms with Crippen molar-refractivity contribution >= 4 is 22.5 Å². The topological polar surface area (TPSA) is 49.3 Å². The molecule has 2 heterocycles. The average molecular weight is 523 g/mol. The van der Waals surface area contributed by atoms with Gasteiger partial charge in [-0.05, 0) is 65.8 Å². The summed E-state index contributed by atoms with van der Waals surface area (Å²) in [5.74, 6) is 0.825. The fourth-order valence-electron chi connectivity index (χ4n) is 5.64. The number of benzene rings is 3. The molecule has 0 atom stereocenters. The molecule has 0 bridgehead atoms. The Labute approximate surface area is 230 Å². The number of rotatable bonds is 6. The monoisotopic (exact) mass is 522 g/mol. The van der Waals surface area contributed by atoms with Crippen LogP contribution in [0.4, 0.5) is 10.2 Å². The number of aromatic nitrogens is 2. The molecule has 0 spiro atoms. The smallest absolute Gasteiger partial charge is 0.246 e. The maximum absolute atomic E-state index is 15.3. The van der Waals surface area contributed by atoms with Gasteiger partial charge in [-0.2, -0.15) is 0 Å². The molecule has 0 saturated carbocycles. The summed E-state index contributed by atoms with van der Waals surface area (Å²) < 4.78 is 15.3. The van der Waals surface area contributed by atoms with Crippen LogP contribution >= 0.6 is 0 Å². The molecule has 6 heteroatoms. The first kappa shape index (κ1) is 26.5. The molecule has 1 aliphatic heterocycles. The van der Waals surface area contributed by atoms with Gasteiger partial charge in [0.1, 0.15) is 11.5 Å². The summed E-state index contributed by atoms with van der Waals surface area (Å²) in [6.45, 7) is 14.6. The Morgan fingerprint density at radius 3 is 2.44 bits per heavy atom. The number of nitrogens with zero attached hydrogens (tertiary/aromatic N) is 4. The molecule has 1 aromatic heterocycles. The second-order valence-electron chi connectivity index (χ2n) is 10.5. The number of hydrogen-bond acceptors (Lipinski definition) is 4. The van der Waals surface area contributed by atoms with Crippen molar-refractivity contribution in [3.8, 4) is 22.4 Å². The number of fused-ring (bicyclic) bond motifs is 1. The molecular formula is C33H35FN4O. The number of anilines is 1. The minimum Gasteiger partial charge on any atom is -0.351 e. The Hall–Kier alpha value is -4.06. The zero-order chi connectivity index (χ0) is 27.7. The number of amides is 1. The number of carbonyl (C=O) groups excluding carboxylic acids is 1. The van der Waals surface area contributed by atoms with Gasteiger partial charge in [0, 0.05) is 48.1 Å². The van der Waals surface area contributed by atoms with E-state index in [0.717, 1.165) is 51.0 Å². The SMILES string of the molecule is C=CC(=O)N1CCN(c2nnc(-c3ccccc3C(C)C)c3cc(-c4c(F)cccc4CC)c(C)cc23)CC1. The molecule has 1 amide bonds. The molecule has 0 N–H and O–H groups in total. The van der Waals surface area contributed by atoms with Crippen LogP contribution in [-0.2, 0) is 11.2 Å². The summed E-state index contributed by atoms with van der Waals surface area (Å²) in [6.07, 6.45) is 2.10. The van der Waals surface area contributed by atoms with Gasteiger partial charge in [0.15, 0.2) is 5.82 Å². The minimum atomic E-state index is -0.217. The van der Waals surface area contributed by atoms with E-state index in [0.29, 0.717) is 37.7 Å². The van der Waals surface area contributed by atoms with Crippen molar-refractivity contribution in [3.63, 3.8) is 0 Å². The second-order valence-corrected chi connectivity index (χ2v) is 10.5. The fourth-order valence-corrected chi connectivity index (χ4v) is 5.64. The first-order chi connectivity index (χ1) is 18.8. The maximum atomic E-state index is 15.3. The molecule has 1 saturated heterocycles. The van der Waals surface area contributed by atoms with E-state index in [1.54, 1.807) is 11.0 Å². The van der Waals surface area contributed by atoms with Crippen molar-refractivity contribution in [1.82, 2.24) is 15.1 Å². The van der Waals surface area contributed by atoms with E-state index >= 15 is 4.39 Å². The first-order valence-electron chi connectivity index (χ1n) is 13.7. The fraction of sp³-hybridized carbons (Fsp3) is 0.303. The summed E-state index contributed by atoms with van der Waals surface area (Å²) in [7, 11) is 0. The Morgan fingerprint density at radius 2 is 1.74 bits per heavy atom. The van der Waals surface area contributed by atoms with Gasteiger partial charge in [-0.3, -0.25) is 4.79 Å². The standard InChI is InChI=1S/C33H35FN4O/c1-6-23-11-10-14-29(34)31(23)26-20-27-28(19-22(26)5)33(38-17-15-37(16-18-38)30(39)7-2)36-35-32(27)25-13-9-8-12-24(25)21(3)4/h7-14,19-21H,2,6,15-18H2,1,3-5H3. The summed E-state index contributed by atoms with van der Waals surface area (Å²) in [6, 6.07) is 17.8. The molecule has 39 heavy (non-hydrogen) atoms. The first-order valence-corrected chi connectivity index (χ1v) is 13.7. The van der Waals surface area contributed by atoms with Gasteiger partial charge >= 0.3 is 0 Å². The van der Waals surface area contributed by atoms with Crippen molar-refractivity contribution in [2.75, 3.05) is 31.1 Å². The number of piperazine rings is 1. The number of aryl methyl sites for hydroxylation is 2. The van der Waals surface area contributed by atoms with Crippen LogP contribution in [0.3, 0.4) is 0 Å². The lowest BCUT2D eigenvalue weighted by Gasteiger charge is -2.35. The molecule has 1 aliphatic rings. The molecule has 1 fully saturated rings. The highest BCUT2D eigenvalue weighted by Crippen LogP contribution is 2.40. The molecule has 5 rings (SSSR count). The summed E-state index contributed by atoms with van der Waals surface area (Å²) in [4.78, 5) is 16.1. The summed E-state index contributed by atoms with van der Waals surface area (Å²) in [5.41, 5.74) is 6.52. The third-order valence-electron chi connectivity index (χ3n) is 7.76. The van der Waals surface area contributed by atoms with Crippen LogP contribution in [-0.4, -0.2) is 47.2 Å². The highest BCUT2D eigenvalue weighted by Gasteiger charge is 2.25. The third kappa shape index (κ3) is 4.91. The zero-order valence-corrected chi connectivity index (χ0v) is 23.2. The van der Waals surface area contributed by atoms with Gasteiger partial charge in [-0.25, -0.2) is 4.39 Å². The second kappa shape index (κ2) is 11.0. The molecule has 4 aromatic rings. The summed E-state index contributed by atoms with van der Waals surface area (Å²) >= 11 is 0. The lowest BCUT2D eigenvalue weighted by Crippen LogP contribution is -2.48. The van der Waals surface area contributed by atoms with Gasteiger partial charge in [0.25, 0.3) is 0 Å². The van der Waals surface area contributed by atoms with Gasteiger partial charge in [-0.1, -0.05) is 63.7 Å². The van der Waals surface area contributed by atoms with E-state index in [2.05, 4.69) is 62.6 Å². The molecule has 5 nitrogen and oxygen atoms in total. The Balaban J connectivity index is 1.73. The van der Waals surface area contributed by atoms with Gasteiger partial charge in [0.05, 0.1) is 0 Å². The molecule has 0 unspecified atom stereocenters. The van der Waals surface area contributed by atoms with Crippen LogP contribution in [0.2, 0.25) is 0 Å². The van der Waals surface area contributed by atoms with E-state index in [4.69, 9.17) is 10.2 Å². The predicted molar refractivity (Wildman–Crippen MR) is 158 cm³/mol. The highest BCUT2D eigenvalue weighted by atomic mass is 19.1. The molecular weight excluding hydrogens is 487 g/mol. The van der Waals surface area contributed by atoms with Crippen LogP contribution < -0.4 is 4.90 Å². The quantitative estimate of drug-likeness (QED) is 0.258. The van der Waals surface area contributed by atoms with E-state index in [-0.39, 0.29) is 11.7 Å². The van der Waals surface area contributed by atoms with Crippen LogP contribution in [0, 0.1) is 12.7 Å². The Morgan fingerprint density at radius 1 is 1.00 bits per heavy atom. The van der Waals surface area contributed by atoms with E-state index < -0.39 is 0 Å². The predicted octanol–water partition coefficient (Wildman–Crippen LogP) is 6.93. The van der Waals surface area contributed by atoms with Gasteiger partial charge in [-0.15, -0.1) is 10.2 Å². The van der Waals surface area contributed by atoms with E-state index in [1.807, 2.05) is 19.1 Å². The normalized spacial score (nSPS) is 13.8. The lowest BCUT2D eigenvalue weighted by molar-refractivity contribution is -0.126. The van der Waals surface area contributed by atoms with Crippen LogP contribution in [0.15, 0.2) is 67.3 Å². The zero-order valence-electron chi connectivity index (χ0n) is 23.2. The summed E-state index contributed by atoms with van der Waals surface area (Å²) in [5, 5.41) is 11.5. The minimum absolute atomic E-state index is 0.0525. The molecule has 3 aromatic carbocycles. The highest BCUT2D eigenvalue weighted by molar-refractivity contribution is 6.04. The largest absolute Gasteiger partial charge is 0.351 e. The number of carbonyl (C=O) groups is 1. The van der Waals surface area contributed by atoms with Crippen molar-refractivity contribution < 1.29 is 9.18 Å². The maximum Gasteiger partial charge on any atom is 0.246 e. The number of hydrogen-bond donors (Lipinski definition) is 0. The number of halogens is 1. The van der Waals surface area contributed by atoms with Crippen molar-refractivity contribution in [2.24, 2.45) is 0 Å². The molecule has 0 radical (unpaired) electrons. The lowest BCUT2D eigenvalue weighted by atomic mass is 9.89. The molecule has 0 aliphatic carbocycles. The van der Waals surface area contributed by atoms with Crippen molar-refractivity contribution in [1.29, 1.82) is 0 Å². The third-order valence-corrected chi connectivity index (χ3v) is 7.76. The van der Waals surface area contributed by atoms with Crippen molar-refractivity contribution in [2.45, 2.75) is 40.0 Å². The average Bonchev–Trinajstić information content (AvgIpc) is 2.96. The van der Waals surface area contributed by atoms with Crippen LogP contribution in [0.5, 0.6) is 0 Å². The molecule has 200 valence electrons. The van der Waals surface area contributed by atoms with Crippen LogP contribution in [0.1, 0.15) is 43.4 Å². The van der Waals surface area contributed by atoms with Gasteiger partial charge < -0.3 is 9.80 Å². The van der Waals surface area contributed by atoms with Crippen LogP contribution in [0.25, 0.3) is 33.2 Å². The Bertz CT molecular complexity index is 1550. The van der Waals surface area contributed by atoms with Crippen molar-refractivity contribution in [3.05, 3.63) is 89.8 Å². The van der Waals surface area contributed by atoms with E-state index in [9.17, 15) is 4.79 Å².